The van der Waals surface area contributed by atoms with Gasteiger partial charge in [-0.25, -0.2) is 0 Å². The van der Waals surface area contributed by atoms with E-state index in [0.29, 0.717) is 24.6 Å². The van der Waals surface area contributed by atoms with Crippen LogP contribution in [0.3, 0.4) is 0 Å². The van der Waals surface area contributed by atoms with Gasteiger partial charge in [0.25, 0.3) is 5.91 Å². The minimum atomic E-state index is -0.156. The molecule has 5 nitrogen and oxygen atoms in total. The fourth-order valence-corrected chi connectivity index (χ4v) is 2.72. The molecule has 132 valence electrons. The van der Waals surface area contributed by atoms with Crippen LogP contribution in [0, 0.1) is 6.92 Å². The van der Waals surface area contributed by atoms with Gasteiger partial charge in [-0.1, -0.05) is 42.5 Å². The van der Waals surface area contributed by atoms with Gasteiger partial charge in [0.15, 0.2) is 5.69 Å². The van der Waals surface area contributed by atoms with Gasteiger partial charge in [0.2, 0.25) is 0 Å². The van der Waals surface area contributed by atoms with Crippen molar-refractivity contribution in [3.05, 3.63) is 83.6 Å². The average molecular weight is 346 g/mol. The number of carbonyl (C=O) groups is 1. The van der Waals surface area contributed by atoms with Crippen molar-refractivity contribution in [1.29, 1.82) is 0 Å². The number of anilines is 2. The van der Waals surface area contributed by atoms with Gasteiger partial charge in [-0.15, -0.1) is 10.2 Å². The van der Waals surface area contributed by atoms with E-state index >= 15 is 0 Å². The molecule has 0 atom stereocenters. The second-order valence-corrected chi connectivity index (χ2v) is 5.97. The Morgan fingerprint density at radius 1 is 0.962 bits per heavy atom. The van der Waals surface area contributed by atoms with Gasteiger partial charge in [0.1, 0.15) is 5.82 Å². The van der Waals surface area contributed by atoms with Crippen molar-refractivity contribution in [2.24, 2.45) is 0 Å². The molecule has 3 rings (SSSR count). The van der Waals surface area contributed by atoms with Gasteiger partial charge in [-0.2, -0.15) is 0 Å². The summed E-state index contributed by atoms with van der Waals surface area (Å²) in [5.74, 6) is 0.490. The third kappa shape index (κ3) is 4.06. The molecule has 26 heavy (non-hydrogen) atoms. The molecule has 0 saturated carbocycles. The molecule has 0 unspecified atom stereocenters. The molecule has 1 amide bonds. The smallest absolute Gasteiger partial charge is 0.278 e. The highest BCUT2D eigenvalue weighted by atomic mass is 16.2. The van der Waals surface area contributed by atoms with Crippen LogP contribution < -0.4 is 10.2 Å². The Kier molecular flexibility index (Phi) is 5.59. The molecule has 0 spiro atoms. The second-order valence-electron chi connectivity index (χ2n) is 5.97. The number of benzene rings is 2. The van der Waals surface area contributed by atoms with E-state index in [0.717, 1.165) is 5.69 Å². The molecule has 0 radical (unpaired) electrons. The Hall–Kier alpha value is -3.21. The first-order valence-electron chi connectivity index (χ1n) is 8.68. The second kappa shape index (κ2) is 8.25. The normalized spacial score (nSPS) is 10.4. The predicted octanol–water partition coefficient (Wildman–Crippen LogP) is 4.06. The number of carbonyl (C=O) groups excluding carboxylic acids is 1. The highest BCUT2D eigenvalue weighted by Crippen LogP contribution is 2.16. The number of hydrogen-bond acceptors (Lipinski definition) is 4. The first-order chi connectivity index (χ1) is 12.7. The van der Waals surface area contributed by atoms with E-state index in [1.54, 1.807) is 17.0 Å². The number of aromatic nitrogens is 2. The number of amides is 1. The molecular weight excluding hydrogens is 324 g/mol. The Bertz CT molecular complexity index is 863. The van der Waals surface area contributed by atoms with Crippen molar-refractivity contribution < 1.29 is 4.79 Å². The lowest BCUT2D eigenvalue weighted by Crippen LogP contribution is -2.31. The first kappa shape index (κ1) is 17.6. The lowest BCUT2D eigenvalue weighted by molar-refractivity contribution is 0.0982. The molecule has 3 aromatic rings. The number of hydrogen-bond donors (Lipinski definition) is 1. The van der Waals surface area contributed by atoms with Gasteiger partial charge in [0, 0.05) is 18.8 Å². The van der Waals surface area contributed by atoms with Crippen LogP contribution in [-0.4, -0.2) is 22.6 Å². The van der Waals surface area contributed by atoms with Crippen LogP contribution in [-0.2, 0) is 6.54 Å². The standard InChI is InChI=1S/C21H22N4O/c1-3-25(18-11-5-4-6-12-18)21(26)19-13-14-20(24-23-19)22-15-17-10-8-7-9-16(17)2/h4-14H,3,15H2,1-2H3,(H,22,24). The van der Waals surface area contributed by atoms with Gasteiger partial charge >= 0.3 is 0 Å². The molecule has 0 aliphatic heterocycles. The average Bonchev–Trinajstić information content (AvgIpc) is 2.69. The van der Waals surface area contributed by atoms with E-state index in [-0.39, 0.29) is 5.91 Å². The van der Waals surface area contributed by atoms with Crippen molar-refractivity contribution in [1.82, 2.24) is 10.2 Å². The maximum absolute atomic E-state index is 12.7. The predicted molar refractivity (Wildman–Crippen MR) is 104 cm³/mol. The van der Waals surface area contributed by atoms with Crippen LogP contribution >= 0.6 is 0 Å². The number of rotatable bonds is 6. The molecular formula is C21H22N4O. The van der Waals surface area contributed by atoms with Crippen LogP contribution in [0.5, 0.6) is 0 Å². The zero-order chi connectivity index (χ0) is 18.4. The van der Waals surface area contributed by atoms with E-state index in [4.69, 9.17) is 0 Å². The van der Waals surface area contributed by atoms with Crippen molar-refractivity contribution in [3.8, 4) is 0 Å². The number of para-hydroxylation sites is 1. The summed E-state index contributed by atoms with van der Waals surface area (Å²) in [5, 5.41) is 11.5. The molecule has 0 bridgehead atoms. The lowest BCUT2D eigenvalue weighted by atomic mass is 10.1. The van der Waals surface area contributed by atoms with Gasteiger partial charge in [-0.05, 0) is 49.2 Å². The molecule has 0 fully saturated rings. The summed E-state index contributed by atoms with van der Waals surface area (Å²) in [5.41, 5.74) is 3.61. The van der Waals surface area contributed by atoms with Gasteiger partial charge in [0.05, 0.1) is 0 Å². The fraction of sp³-hybridized carbons (Fsp3) is 0.190. The Labute approximate surface area is 153 Å². The summed E-state index contributed by atoms with van der Waals surface area (Å²) in [6.07, 6.45) is 0. The molecule has 1 heterocycles. The highest BCUT2D eigenvalue weighted by molar-refractivity contribution is 6.04. The van der Waals surface area contributed by atoms with Gasteiger partial charge in [-0.3, -0.25) is 4.79 Å². The van der Waals surface area contributed by atoms with Crippen LogP contribution in [0.4, 0.5) is 11.5 Å². The molecule has 2 aromatic carbocycles. The summed E-state index contributed by atoms with van der Waals surface area (Å²) in [4.78, 5) is 14.4. The summed E-state index contributed by atoms with van der Waals surface area (Å²) >= 11 is 0. The topological polar surface area (TPSA) is 58.1 Å². The largest absolute Gasteiger partial charge is 0.364 e. The first-order valence-corrected chi connectivity index (χ1v) is 8.68. The summed E-state index contributed by atoms with van der Waals surface area (Å²) in [6.45, 7) is 5.25. The highest BCUT2D eigenvalue weighted by Gasteiger charge is 2.17. The third-order valence-corrected chi connectivity index (χ3v) is 4.23. The fourth-order valence-electron chi connectivity index (χ4n) is 2.72. The zero-order valence-electron chi connectivity index (χ0n) is 15.0. The Balaban J connectivity index is 1.68. The molecule has 1 aromatic heterocycles. The van der Waals surface area contributed by atoms with Crippen molar-refractivity contribution >= 4 is 17.4 Å². The molecule has 1 N–H and O–H groups in total. The monoisotopic (exact) mass is 346 g/mol. The Morgan fingerprint density at radius 3 is 2.35 bits per heavy atom. The molecule has 5 heteroatoms. The van der Waals surface area contributed by atoms with Crippen LogP contribution in [0.25, 0.3) is 0 Å². The minimum absolute atomic E-state index is 0.156. The molecule has 0 aliphatic rings. The van der Waals surface area contributed by atoms with E-state index in [2.05, 4.69) is 34.6 Å². The van der Waals surface area contributed by atoms with Crippen LogP contribution in [0.2, 0.25) is 0 Å². The molecule has 0 saturated heterocycles. The van der Waals surface area contributed by atoms with E-state index < -0.39 is 0 Å². The maximum Gasteiger partial charge on any atom is 0.278 e. The lowest BCUT2D eigenvalue weighted by Gasteiger charge is -2.20. The zero-order valence-corrected chi connectivity index (χ0v) is 15.0. The summed E-state index contributed by atoms with van der Waals surface area (Å²) < 4.78 is 0. The SMILES string of the molecule is CCN(C(=O)c1ccc(NCc2ccccc2C)nn1)c1ccccc1. The number of aryl methyl sites for hydroxylation is 1. The van der Waals surface area contributed by atoms with Gasteiger partial charge < -0.3 is 10.2 Å². The van der Waals surface area contributed by atoms with Crippen molar-refractivity contribution in [2.45, 2.75) is 20.4 Å². The molecule has 0 aliphatic carbocycles. The van der Waals surface area contributed by atoms with Crippen molar-refractivity contribution in [3.63, 3.8) is 0 Å². The summed E-state index contributed by atoms with van der Waals surface area (Å²) in [6, 6.07) is 21.3. The number of nitrogens with one attached hydrogen (secondary N) is 1. The minimum Gasteiger partial charge on any atom is -0.364 e. The van der Waals surface area contributed by atoms with Crippen LogP contribution in [0.15, 0.2) is 66.7 Å². The number of nitrogens with zero attached hydrogens (tertiary/aromatic N) is 3. The van der Waals surface area contributed by atoms with E-state index in [9.17, 15) is 4.79 Å². The third-order valence-electron chi connectivity index (χ3n) is 4.23. The quantitative estimate of drug-likeness (QED) is 0.731. The van der Waals surface area contributed by atoms with Crippen LogP contribution in [0.1, 0.15) is 28.5 Å². The Morgan fingerprint density at radius 2 is 1.69 bits per heavy atom. The van der Waals surface area contributed by atoms with E-state index in [1.165, 1.54) is 11.1 Å². The maximum atomic E-state index is 12.7. The van der Waals surface area contributed by atoms with E-state index in [1.807, 2.05) is 49.4 Å². The van der Waals surface area contributed by atoms with Crippen molar-refractivity contribution in [2.75, 3.05) is 16.8 Å². The summed E-state index contributed by atoms with van der Waals surface area (Å²) in [7, 11) is 0.